The second-order valence-corrected chi connectivity index (χ2v) is 9.17. The molecule has 5 rings (SSSR count). The van der Waals surface area contributed by atoms with Crippen molar-refractivity contribution in [2.45, 2.75) is 26.4 Å². The Morgan fingerprint density at radius 2 is 1.73 bits per heavy atom. The van der Waals surface area contributed by atoms with Gasteiger partial charge >= 0.3 is 5.97 Å². The molecule has 2 aromatic heterocycles. The maximum Gasteiger partial charge on any atom is 0.356 e. The zero-order chi connectivity index (χ0) is 25.9. The summed E-state index contributed by atoms with van der Waals surface area (Å²) in [6.07, 6.45) is 2.86. The smallest absolute Gasteiger partial charge is 0.356 e. The number of rotatable bonds is 8. The van der Waals surface area contributed by atoms with Crippen LogP contribution in [0.1, 0.15) is 35.2 Å². The molecule has 1 N–H and O–H groups in total. The highest BCUT2D eigenvalue weighted by molar-refractivity contribution is 6.39. The van der Waals surface area contributed by atoms with Crippen molar-refractivity contribution < 1.29 is 19.2 Å². The van der Waals surface area contributed by atoms with Crippen molar-refractivity contribution >= 4 is 40.2 Å². The van der Waals surface area contributed by atoms with E-state index in [2.05, 4.69) is 22.0 Å². The summed E-state index contributed by atoms with van der Waals surface area (Å²) in [7, 11) is 0. The van der Waals surface area contributed by atoms with Crippen LogP contribution in [0, 0.1) is 0 Å². The Kier molecular flexibility index (Phi) is 7.08. The molecule has 0 fully saturated rings. The first kappa shape index (κ1) is 24.7. The summed E-state index contributed by atoms with van der Waals surface area (Å²) in [4.78, 5) is 19.5. The Labute approximate surface area is 222 Å². The molecule has 37 heavy (non-hydrogen) atoms. The number of nitrogens with zero attached hydrogens (tertiary/aromatic N) is 3. The molecule has 0 radical (unpaired) electrons. The number of carboxylic acid groups (broad SMARTS) is 1. The van der Waals surface area contributed by atoms with E-state index in [-0.39, 0.29) is 12.3 Å². The molecule has 0 saturated carbocycles. The number of aromatic nitrogens is 3. The SMILES string of the molecule is CCCc1onc(-c2c(Cl)cccc2Cl)c1COc1ccc(-c2ccc3nc(C(=O)O)cnc3c2)cc1. The van der Waals surface area contributed by atoms with E-state index in [4.69, 9.17) is 37.6 Å². The van der Waals surface area contributed by atoms with E-state index in [1.807, 2.05) is 36.4 Å². The Morgan fingerprint density at radius 3 is 2.43 bits per heavy atom. The Balaban J connectivity index is 1.37. The van der Waals surface area contributed by atoms with Crippen LogP contribution in [0.4, 0.5) is 0 Å². The van der Waals surface area contributed by atoms with E-state index < -0.39 is 5.97 Å². The number of aromatic carboxylic acids is 1. The van der Waals surface area contributed by atoms with Crippen LogP contribution < -0.4 is 4.74 Å². The Morgan fingerprint density at radius 1 is 1.00 bits per heavy atom. The van der Waals surface area contributed by atoms with E-state index in [9.17, 15) is 4.79 Å². The van der Waals surface area contributed by atoms with Gasteiger partial charge in [0, 0.05) is 12.0 Å². The number of ether oxygens (including phenoxy) is 1. The summed E-state index contributed by atoms with van der Waals surface area (Å²) >= 11 is 12.9. The van der Waals surface area contributed by atoms with Crippen LogP contribution in [0.5, 0.6) is 5.75 Å². The molecule has 0 spiro atoms. The molecule has 3 aromatic carbocycles. The second-order valence-electron chi connectivity index (χ2n) is 8.36. The minimum Gasteiger partial charge on any atom is -0.489 e. The third-order valence-electron chi connectivity index (χ3n) is 5.88. The van der Waals surface area contributed by atoms with Crippen molar-refractivity contribution in [3.63, 3.8) is 0 Å². The Hall–Kier alpha value is -3.94. The number of carboxylic acids is 1. The van der Waals surface area contributed by atoms with Gasteiger partial charge in [0.25, 0.3) is 0 Å². The largest absolute Gasteiger partial charge is 0.489 e. The summed E-state index contributed by atoms with van der Waals surface area (Å²) in [6, 6.07) is 18.5. The van der Waals surface area contributed by atoms with Gasteiger partial charge in [-0.15, -0.1) is 0 Å². The zero-order valence-corrected chi connectivity index (χ0v) is 21.3. The van der Waals surface area contributed by atoms with Gasteiger partial charge in [0.05, 0.1) is 32.8 Å². The lowest BCUT2D eigenvalue weighted by Gasteiger charge is -2.10. The first-order chi connectivity index (χ1) is 17.9. The summed E-state index contributed by atoms with van der Waals surface area (Å²) in [5, 5.41) is 14.4. The van der Waals surface area contributed by atoms with Gasteiger partial charge in [0.2, 0.25) is 0 Å². The number of hydrogen-bond acceptors (Lipinski definition) is 6. The van der Waals surface area contributed by atoms with Crippen LogP contribution in [0.25, 0.3) is 33.4 Å². The molecular formula is C28H21Cl2N3O4. The normalized spacial score (nSPS) is 11.1. The van der Waals surface area contributed by atoms with Crippen molar-refractivity contribution in [1.82, 2.24) is 15.1 Å². The van der Waals surface area contributed by atoms with Crippen molar-refractivity contribution in [1.29, 1.82) is 0 Å². The standard InChI is InChI=1S/C28H21Cl2N3O4/c1-2-4-25-19(27(33-37-25)26-20(29)5-3-6-21(26)30)15-36-18-10-7-16(8-11-18)17-9-12-22-23(13-17)31-14-24(32-22)28(34)35/h3,5-14H,2,4,15H2,1H3,(H,34,35). The topological polar surface area (TPSA) is 98.3 Å². The molecule has 9 heteroatoms. The molecule has 0 aliphatic rings. The van der Waals surface area contributed by atoms with Gasteiger partial charge in [0.1, 0.15) is 23.8 Å². The first-order valence-corrected chi connectivity index (χ1v) is 12.4. The maximum absolute atomic E-state index is 11.1. The predicted molar refractivity (Wildman–Crippen MR) is 142 cm³/mol. The monoisotopic (exact) mass is 533 g/mol. The van der Waals surface area contributed by atoms with E-state index in [1.165, 1.54) is 6.20 Å². The third kappa shape index (κ3) is 5.14. The highest BCUT2D eigenvalue weighted by atomic mass is 35.5. The van der Waals surface area contributed by atoms with E-state index in [0.717, 1.165) is 28.9 Å². The van der Waals surface area contributed by atoms with Crippen LogP contribution in [-0.4, -0.2) is 26.2 Å². The molecule has 2 heterocycles. The maximum atomic E-state index is 11.1. The van der Waals surface area contributed by atoms with E-state index in [1.54, 1.807) is 24.3 Å². The fourth-order valence-electron chi connectivity index (χ4n) is 4.03. The van der Waals surface area contributed by atoms with Crippen molar-refractivity contribution in [3.8, 4) is 28.1 Å². The minimum absolute atomic E-state index is 0.0865. The highest BCUT2D eigenvalue weighted by Gasteiger charge is 2.22. The fourth-order valence-corrected chi connectivity index (χ4v) is 4.60. The number of halogens is 2. The van der Waals surface area contributed by atoms with Gasteiger partial charge < -0.3 is 14.4 Å². The van der Waals surface area contributed by atoms with Crippen molar-refractivity contribution in [3.05, 3.63) is 93.9 Å². The van der Waals surface area contributed by atoms with Crippen molar-refractivity contribution in [2.75, 3.05) is 0 Å². The molecule has 0 atom stereocenters. The van der Waals surface area contributed by atoms with Crippen LogP contribution in [0.15, 0.2) is 71.4 Å². The van der Waals surface area contributed by atoms with Crippen LogP contribution in [-0.2, 0) is 13.0 Å². The molecule has 7 nitrogen and oxygen atoms in total. The van der Waals surface area contributed by atoms with Gasteiger partial charge in [-0.05, 0) is 53.9 Å². The number of carbonyl (C=O) groups is 1. The van der Waals surface area contributed by atoms with Gasteiger partial charge in [-0.2, -0.15) is 0 Å². The third-order valence-corrected chi connectivity index (χ3v) is 6.51. The summed E-state index contributed by atoms with van der Waals surface area (Å²) in [5.74, 6) is 0.313. The molecule has 0 unspecified atom stereocenters. The summed E-state index contributed by atoms with van der Waals surface area (Å²) in [5.41, 5.74) is 4.96. The fraction of sp³-hybridized carbons (Fsp3) is 0.143. The number of aryl methyl sites for hydroxylation is 1. The second kappa shape index (κ2) is 10.6. The number of fused-ring (bicyclic) bond motifs is 1. The van der Waals surface area contributed by atoms with Gasteiger partial charge in [0.15, 0.2) is 5.69 Å². The number of hydrogen-bond donors (Lipinski definition) is 1. The lowest BCUT2D eigenvalue weighted by molar-refractivity contribution is 0.0690. The average molecular weight is 534 g/mol. The molecule has 0 bridgehead atoms. The number of benzene rings is 3. The molecule has 0 saturated heterocycles. The van der Waals surface area contributed by atoms with Gasteiger partial charge in [-0.25, -0.2) is 9.78 Å². The molecule has 0 aliphatic heterocycles. The lowest BCUT2D eigenvalue weighted by atomic mass is 10.0. The molecule has 5 aromatic rings. The van der Waals surface area contributed by atoms with Crippen LogP contribution in [0.3, 0.4) is 0 Å². The predicted octanol–water partition coefficient (Wildman–Crippen LogP) is 7.49. The first-order valence-electron chi connectivity index (χ1n) is 11.6. The minimum atomic E-state index is -1.11. The zero-order valence-electron chi connectivity index (χ0n) is 19.7. The lowest BCUT2D eigenvalue weighted by Crippen LogP contribution is -2.01. The molecule has 0 aliphatic carbocycles. The van der Waals surface area contributed by atoms with Crippen LogP contribution in [0.2, 0.25) is 10.0 Å². The molecule has 186 valence electrons. The highest BCUT2D eigenvalue weighted by Crippen LogP contribution is 2.37. The quantitative estimate of drug-likeness (QED) is 0.220. The summed E-state index contributed by atoms with van der Waals surface area (Å²) in [6.45, 7) is 2.31. The summed E-state index contributed by atoms with van der Waals surface area (Å²) < 4.78 is 11.7. The van der Waals surface area contributed by atoms with Crippen LogP contribution >= 0.6 is 23.2 Å². The van der Waals surface area contributed by atoms with Crippen molar-refractivity contribution in [2.24, 2.45) is 0 Å². The molecular weight excluding hydrogens is 513 g/mol. The van der Waals surface area contributed by atoms with E-state index in [0.29, 0.717) is 44.5 Å². The van der Waals surface area contributed by atoms with Gasteiger partial charge in [-0.1, -0.05) is 59.5 Å². The van der Waals surface area contributed by atoms with Gasteiger partial charge in [-0.3, -0.25) is 4.98 Å². The average Bonchev–Trinajstić information content (AvgIpc) is 3.29. The Bertz CT molecular complexity index is 1580. The molecule has 0 amide bonds. The van der Waals surface area contributed by atoms with E-state index >= 15 is 0 Å².